The van der Waals surface area contributed by atoms with Gasteiger partial charge >= 0.3 is 6.03 Å². The summed E-state index contributed by atoms with van der Waals surface area (Å²) >= 11 is 0. The fourth-order valence-corrected chi connectivity index (χ4v) is 3.77. The van der Waals surface area contributed by atoms with Gasteiger partial charge in [0.25, 0.3) is 17.5 Å². The third-order valence-corrected chi connectivity index (χ3v) is 5.26. The summed E-state index contributed by atoms with van der Waals surface area (Å²) in [6, 6.07) is 11.8. The second kappa shape index (κ2) is 7.01. The fourth-order valence-electron chi connectivity index (χ4n) is 3.77. The van der Waals surface area contributed by atoms with Crippen LogP contribution in [0, 0.1) is 17.0 Å². The second-order valence-electron chi connectivity index (χ2n) is 7.01. The smallest absolute Gasteiger partial charge is 0.332 e. The SMILES string of the molecule is Cc1cc(C(=O)N2CCN3C(=O)N(c4ccccc4)C(=O)C3C2)ccc1[N+](=O)[O-]. The molecule has 2 aliphatic heterocycles. The Kier molecular flexibility index (Phi) is 4.50. The van der Waals surface area contributed by atoms with Crippen LogP contribution in [-0.4, -0.2) is 58.2 Å². The number of benzene rings is 2. The molecule has 148 valence electrons. The van der Waals surface area contributed by atoms with Crippen molar-refractivity contribution >= 4 is 29.2 Å². The maximum atomic E-state index is 12.9. The third kappa shape index (κ3) is 3.10. The minimum absolute atomic E-state index is 0.0542. The molecule has 4 rings (SSSR count). The topological polar surface area (TPSA) is 104 Å². The molecule has 1 atom stereocenters. The highest BCUT2D eigenvalue weighted by Crippen LogP contribution is 2.28. The molecule has 2 fully saturated rings. The van der Waals surface area contributed by atoms with E-state index in [9.17, 15) is 24.5 Å². The number of aryl methyl sites for hydroxylation is 1. The Morgan fingerprint density at radius 1 is 1.10 bits per heavy atom. The van der Waals surface area contributed by atoms with Crippen molar-refractivity contribution in [1.29, 1.82) is 0 Å². The van der Waals surface area contributed by atoms with Crippen molar-refractivity contribution in [2.75, 3.05) is 24.5 Å². The lowest BCUT2D eigenvalue weighted by molar-refractivity contribution is -0.385. The van der Waals surface area contributed by atoms with Gasteiger partial charge in [-0.1, -0.05) is 18.2 Å². The maximum Gasteiger partial charge on any atom is 0.332 e. The number of imide groups is 1. The van der Waals surface area contributed by atoms with Gasteiger partial charge in [-0.15, -0.1) is 0 Å². The molecule has 9 nitrogen and oxygen atoms in total. The Balaban J connectivity index is 1.55. The molecule has 0 saturated carbocycles. The number of hydrogen-bond acceptors (Lipinski definition) is 5. The van der Waals surface area contributed by atoms with Crippen LogP contribution in [0.4, 0.5) is 16.2 Å². The molecule has 2 aliphatic rings. The minimum Gasteiger partial charge on any atom is -0.334 e. The van der Waals surface area contributed by atoms with Crippen LogP contribution in [0.2, 0.25) is 0 Å². The summed E-state index contributed by atoms with van der Waals surface area (Å²) in [6.45, 7) is 2.19. The van der Waals surface area contributed by atoms with E-state index in [1.165, 1.54) is 28.0 Å². The van der Waals surface area contributed by atoms with E-state index in [1.807, 2.05) is 0 Å². The number of nitro benzene ring substituents is 1. The first-order valence-electron chi connectivity index (χ1n) is 9.12. The van der Waals surface area contributed by atoms with Gasteiger partial charge < -0.3 is 9.80 Å². The lowest BCUT2D eigenvalue weighted by Gasteiger charge is -2.35. The number of carbonyl (C=O) groups excluding carboxylic acids is 3. The predicted octanol–water partition coefficient (Wildman–Crippen LogP) is 2.20. The highest BCUT2D eigenvalue weighted by atomic mass is 16.6. The maximum absolute atomic E-state index is 12.9. The summed E-state index contributed by atoms with van der Waals surface area (Å²) in [5, 5.41) is 11.0. The molecule has 0 N–H and O–H groups in total. The van der Waals surface area contributed by atoms with E-state index in [1.54, 1.807) is 37.3 Å². The molecule has 1 unspecified atom stereocenters. The Hall–Kier alpha value is -3.75. The lowest BCUT2D eigenvalue weighted by Crippen LogP contribution is -2.54. The molecular weight excluding hydrogens is 376 g/mol. The van der Waals surface area contributed by atoms with Gasteiger partial charge in [0.15, 0.2) is 0 Å². The third-order valence-electron chi connectivity index (χ3n) is 5.26. The Morgan fingerprint density at radius 2 is 1.83 bits per heavy atom. The van der Waals surface area contributed by atoms with Crippen molar-refractivity contribution in [2.45, 2.75) is 13.0 Å². The quantitative estimate of drug-likeness (QED) is 0.451. The first-order chi connectivity index (χ1) is 13.9. The average molecular weight is 394 g/mol. The molecule has 2 saturated heterocycles. The van der Waals surface area contributed by atoms with Gasteiger partial charge in [0.05, 0.1) is 17.2 Å². The summed E-state index contributed by atoms with van der Waals surface area (Å²) in [5.41, 5.74) is 1.15. The number of rotatable bonds is 3. The first kappa shape index (κ1) is 18.6. The van der Waals surface area contributed by atoms with E-state index in [0.717, 1.165) is 4.90 Å². The van der Waals surface area contributed by atoms with E-state index in [2.05, 4.69) is 0 Å². The molecule has 0 aliphatic carbocycles. The van der Waals surface area contributed by atoms with Gasteiger partial charge in [-0.2, -0.15) is 0 Å². The van der Waals surface area contributed by atoms with Crippen LogP contribution in [0.15, 0.2) is 48.5 Å². The molecule has 0 bridgehead atoms. The molecular formula is C20H18N4O5. The number of nitrogens with zero attached hydrogens (tertiary/aromatic N) is 4. The number of nitro groups is 1. The highest BCUT2D eigenvalue weighted by molar-refractivity contribution is 6.21. The zero-order chi connectivity index (χ0) is 20.7. The first-order valence-corrected chi connectivity index (χ1v) is 9.12. The predicted molar refractivity (Wildman–Crippen MR) is 104 cm³/mol. The summed E-state index contributed by atoms with van der Waals surface area (Å²) < 4.78 is 0. The van der Waals surface area contributed by atoms with Crippen LogP contribution in [-0.2, 0) is 4.79 Å². The molecule has 2 heterocycles. The minimum atomic E-state index is -0.737. The lowest BCUT2D eigenvalue weighted by atomic mass is 10.1. The molecule has 9 heteroatoms. The Morgan fingerprint density at radius 3 is 2.48 bits per heavy atom. The molecule has 2 aromatic rings. The largest absolute Gasteiger partial charge is 0.334 e. The Bertz CT molecular complexity index is 1020. The monoisotopic (exact) mass is 394 g/mol. The zero-order valence-electron chi connectivity index (χ0n) is 15.6. The van der Waals surface area contributed by atoms with Gasteiger partial charge in [-0.05, 0) is 31.2 Å². The highest BCUT2D eigenvalue weighted by Gasteiger charge is 2.49. The molecule has 4 amide bonds. The molecule has 0 spiro atoms. The summed E-state index contributed by atoms with van der Waals surface area (Å²) in [5.74, 6) is -0.681. The summed E-state index contributed by atoms with van der Waals surface area (Å²) in [6.07, 6.45) is 0. The molecule has 0 radical (unpaired) electrons. The van der Waals surface area contributed by atoms with Gasteiger partial charge in [-0.25, -0.2) is 9.69 Å². The Labute approximate surface area is 166 Å². The van der Waals surface area contributed by atoms with E-state index >= 15 is 0 Å². The normalized spacial score (nSPS) is 18.8. The summed E-state index contributed by atoms with van der Waals surface area (Å²) in [7, 11) is 0. The standard InChI is InChI=1S/C20H18N4O5/c1-13-11-14(7-8-16(13)24(28)29)18(25)21-9-10-22-17(12-21)19(26)23(20(22)27)15-5-3-2-4-6-15/h2-8,11,17H,9-10,12H2,1H3. The number of anilines is 1. The van der Waals surface area contributed by atoms with Gasteiger partial charge in [0.2, 0.25) is 0 Å². The van der Waals surface area contributed by atoms with Crippen LogP contribution in [0.3, 0.4) is 0 Å². The number of piperazine rings is 1. The number of urea groups is 1. The number of carbonyl (C=O) groups is 3. The fraction of sp³-hybridized carbons (Fsp3) is 0.250. The molecule has 0 aromatic heterocycles. The van der Waals surface area contributed by atoms with Crippen molar-refractivity contribution in [3.63, 3.8) is 0 Å². The molecule has 2 aromatic carbocycles. The van der Waals surface area contributed by atoms with Crippen LogP contribution < -0.4 is 4.90 Å². The number of hydrogen-bond donors (Lipinski definition) is 0. The van der Waals surface area contributed by atoms with Gasteiger partial charge in [0.1, 0.15) is 6.04 Å². The van der Waals surface area contributed by atoms with E-state index in [0.29, 0.717) is 16.8 Å². The van der Waals surface area contributed by atoms with Crippen LogP contribution in [0.25, 0.3) is 0 Å². The average Bonchev–Trinajstić information content (AvgIpc) is 2.97. The van der Waals surface area contributed by atoms with E-state index in [4.69, 9.17) is 0 Å². The van der Waals surface area contributed by atoms with Crippen molar-refractivity contribution in [3.05, 3.63) is 69.8 Å². The van der Waals surface area contributed by atoms with Gasteiger partial charge in [0, 0.05) is 30.3 Å². The van der Waals surface area contributed by atoms with Crippen LogP contribution in [0.5, 0.6) is 0 Å². The van der Waals surface area contributed by atoms with Crippen LogP contribution in [0.1, 0.15) is 15.9 Å². The van der Waals surface area contributed by atoms with E-state index in [-0.39, 0.29) is 43.2 Å². The second-order valence-corrected chi connectivity index (χ2v) is 7.01. The van der Waals surface area contributed by atoms with E-state index < -0.39 is 11.0 Å². The summed E-state index contributed by atoms with van der Waals surface area (Å²) in [4.78, 5) is 53.1. The number of amides is 4. The number of para-hydroxylation sites is 1. The zero-order valence-corrected chi connectivity index (χ0v) is 15.6. The van der Waals surface area contributed by atoms with Gasteiger partial charge in [-0.3, -0.25) is 19.7 Å². The number of fused-ring (bicyclic) bond motifs is 1. The molecule has 29 heavy (non-hydrogen) atoms. The van der Waals surface area contributed by atoms with Crippen molar-refractivity contribution in [1.82, 2.24) is 9.80 Å². The van der Waals surface area contributed by atoms with Crippen molar-refractivity contribution < 1.29 is 19.3 Å². The van der Waals surface area contributed by atoms with Crippen LogP contribution >= 0.6 is 0 Å². The van der Waals surface area contributed by atoms with Crippen molar-refractivity contribution in [2.24, 2.45) is 0 Å². The van der Waals surface area contributed by atoms with Crippen molar-refractivity contribution in [3.8, 4) is 0 Å².